The molecule has 2 heterocycles. The molecule has 0 bridgehead atoms. The SMILES string of the molecule is C=CC(=O)CCc1ccc(C2CC(C)(C)NC(C)(C)C2)c(OC(=O)CCCCCCCCC(=O)Oc2cc(CCC(=O)C=C)ccc2C2CC(C)(C)NC(C)(C)C2)c1. The van der Waals surface area contributed by atoms with Crippen molar-refractivity contribution in [2.24, 2.45) is 0 Å². The highest BCUT2D eigenvalue weighted by Gasteiger charge is 2.40. The van der Waals surface area contributed by atoms with Gasteiger partial charge in [0.15, 0.2) is 11.6 Å². The van der Waals surface area contributed by atoms with Gasteiger partial charge in [0.05, 0.1) is 0 Å². The van der Waals surface area contributed by atoms with Crippen LogP contribution < -0.4 is 20.1 Å². The van der Waals surface area contributed by atoms with E-state index in [-0.39, 0.29) is 57.5 Å². The highest BCUT2D eigenvalue weighted by atomic mass is 16.5. The van der Waals surface area contributed by atoms with E-state index in [1.54, 1.807) is 0 Å². The van der Waals surface area contributed by atoms with Crippen molar-refractivity contribution in [3.8, 4) is 11.5 Å². The zero-order valence-corrected chi connectivity index (χ0v) is 37.0. The smallest absolute Gasteiger partial charge is 0.311 e. The lowest BCUT2D eigenvalue weighted by molar-refractivity contribution is -0.135. The van der Waals surface area contributed by atoms with Crippen molar-refractivity contribution >= 4 is 23.5 Å². The van der Waals surface area contributed by atoms with Gasteiger partial charge in [-0.3, -0.25) is 19.2 Å². The summed E-state index contributed by atoms with van der Waals surface area (Å²) < 4.78 is 12.2. The van der Waals surface area contributed by atoms with Crippen molar-refractivity contribution < 1.29 is 28.7 Å². The molecular weight excluding hydrogens is 725 g/mol. The van der Waals surface area contributed by atoms with E-state index in [1.807, 2.05) is 12.1 Å². The fraction of sp³-hybridized carbons (Fsp3) is 0.600. The third-order valence-corrected chi connectivity index (χ3v) is 11.7. The van der Waals surface area contributed by atoms with Gasteiger partial charge in [-0.25, -0.2) is 0 Å². The summed E-state index contributed by atoms with van der Waals surface area (Å²) in [7, 11) is 0. The van der Waals surface area contributed by atoms with Gasteiger partial charge in [0, 0.05) is 47.8 Å². The number of allylic oxidation sites excluding steroid dienone is 2. The van der Waals surface area contributed by atoms with Crippen molar-refractivity contribution in [3.63, 3.8) is 0 Å². The first-order valence-corrected chi connectivity index (χ1v) is 21.7. The van der Waals surface area contributed by atoms with Gasteiger partial charge in [0.25, 0.3) is 0 Å². The highest BCUT2D eigenvalue weighted by Crippen LogP contribution is 2.44. The molecule has 0 amide bonds. The molecule has 2 N–H and O–H groups in total. The Kier molecular flexibility index (Phi) is 16.5. The topological polar surface area (TPSA) is 111 Å². The summed E-state index contributed by atoms with van der Waals surface area (Å²) in [5, 5.41) is 7.49. The van der Waals surface area contributed by atoms with Crippen molar-refractivity contribution in [2.75, 3.05) is 0 Å². The molecule has 8 nitrogen and oxygen atoms in total. The first-order chi connectivity index (χ1) is 27.2. The van der Waals surface area contributed by atoms with Crippen LogP contribution in [0.25, 0.3) is 0 Å². The minimum Gasteiger partial charge on any atom is -0.426 e. The largest absolute Gasteiger partial charge is 0.426 e. The number of benzene rings is 2. The lowest BCUT2D eigenvalue weighted by Gasteiger charge is -2.47. The van der Waals surface area contributed by atoms with Crippen LogP contribution >= 0.6 is 0 Å². The Hall–Kier alpha value is -3.88. The molecule has 2 aromatic rings. The molecule has 0 radical (unpaired) electrons. The molecule has 0 atom stereocenters. The molecule has 0 aliphatic carbocycles. The monoisotopic (exact) mass is 797 g/mol. The molecule has 2 saturated heterocycles. The Morgan fingerprint density at radius 1 is 0.552 bits per heavy atom. The normalized spacial score (nSPS) is 18.6. The Bertz CT molecular complexity index is 1620. The quantitative estimate of drug-likeness (QED) is 0.0556. The highest BCUT2D eigenvalue weighted by molar-refractivity contribution is 5.89. The summed E-state index contributed by atoms with van der Waals surface area (Å²) in [6, 6.07) is 12.2. The summed E-state index contributed by atoms with van der Waals surface area (Å²) in [6.45, 7) is 24.9. The van der Waals surface area contributed by atoms with Crippen molar-refractivity contribution in [2.45, 2.75) is 192 Å². The van der Waals surface area contributed by atoms with Gasteiger partial charge >= 0.3 is 11.9 Å². The maximum absolute atomic E-state index is 13.2. The molecule has 58 heavy (non-hydrogen) atoms. The van der Waals surface area contributed by atoms with Crippen LogP contribution in [0.5, 0.6) is 11.5 Å². The Balaban J connectivity index is 1.26. The summed E-state index contributed by atoms with van der Waals surface area (Å²) in [4.78, 5) is 50.3. The molecule has 2 aliphatic rings. The van der Waals surface area contributed by atoms with Crippen LogP contribution in [0.1, 0.15) is 179 Å². The first kappa shape index (κ1) is 46.8. The second-order valence-electron chi connectivity index (χ2n) is 19.7. The van der Waals surface area contributed by atoms with E-state index >= 15 is 0 Å². The first-order valence-electron chi connectivity index (χ1n) is 21.7. The average molecular weight is 797 g/mol. The molecule has 0 unspecified atom stereocenters. The summed E-state index contributed by atoms with van der Waals surface area (Å²) in [5.74, 6) is 1.22. The van der Waals surface area contributed by atoms with Gasteiger partial charge in [0.2, 0.25) is 0 Å². The van der Waals surface area contributed by atoms with Crippen LogP contribution in [0.3, 0.4) is 0 Å². The summed E-state index contributed by atoms with van der Waals surface area (Å²) in [5.41, 5.74) is 3.81. The molecule has 0 spiro atoms. The fourth-order valence-electron chi connectivity index (χ4n) is 9.74. The zero-order chi connectivity index (χ0) is 42.7. The number of nitrogens with one attached hydrogen (secondary N) is 2. The van der Waals surface area contributed by atoms with Crippen LogP contribution in [0.4, 0.5) is 0 Å². The zero-order valence-electron chi connectivity index (χ0n) is 37.0. The summed E-state index contributed by atoms with van der Waals surface area (Å²) >= 11 is 0. The van der Waals surface area contributed by atoms with E-state index in [2.05, 4.69) is 103 Å². The van der Waals surface area contributed by atoms with E-state index in [9.17, 15) is 19.2 Å². The van der Waals surface area contributed by atoms with E-state index < -0.39 is 0 Å². The predicted octanol–water partition coefficient (Wildman–Crippen LogP) is 10.7. The Morgan fingerprint density at radius 3 is 1.21 bits per heavy atom. The Morgan fingerprint density at radius 2 is 0.879 bits per heavy atom. The minimum atomic E-state index is -0.233. The van der Waals surface area contributed by atoms with Crippen molar-refractivity contribution in [1.29, 1.82) is 0 Å². The number of piperidine rings is 2. The number of hydrogen-bond donors (Lipinski definition) is 2. The van der Waals surface area contributed by atoms with Gasteiger partial charge < -0.3 is 20.1 Å². The number of unbranched alkanes of at least 4 members (excludes halogenated alkanes) is 5. The second-order valence-corrected chi connectivity index (χ2v) is 19.7. The molecule has 0 aromatic heterocycles. The third-order valence-electron chi connectivity index (χ3n) is 11.7. The lowest BCUT2D eigenvalue weighted by Crippen LogP contribution is -2.57. The molecule has 8 heteroatoms. The second kappa shape index (κ2) is 20.4. The molecule has 0 saturated carbocycles. The van der Waals surface area contributed by atoms with Crippen LogP contribution in [-0.4, -0.2) is 45.7 Å². The van der Waals surface area contributed by atoms with E-state index in [1.165, 1.54) is 12.2 Å². The maximum Gasteiger partial charge on any atom is 0.311 e. The molecular formula is C50H72N2O6. The van der Waals surface area contributed by atoms with Crippen LogP contribution in [0.15, 0.2) is 61.7 Å². The van der Waals surface area contributed by atoms with Crippen molar-refractivity contribution in [1.82, 2.24) is 10.6 Å². The van der Waals surface area contributed by atoms with Crippen LogP contribution in [0.2, 0.25) is 0 Å². The standard InChI is InChI=1S/C50H72N2O6/c1-11-39(53)25-21-35-23-27-41(37-31-47(3,4)51-48(5,6)32-37)43(29-35)57-45(55)19-17-15-13-14-16-18-20-46(56)58-44-30-36(22-26-40(54)12-2)24-28-42(44)38-33-49(7,8)52-50(9,10)34-38/h11-12,23-24,27-30,37-38,51-52H,1-2,13-22,25-26,31-34H2,3-10H3. The van der Waals surface area contributed by atoms with Gasteiger partial charge in [0.1, 0.15) is 11.5 Å². The molecule has 2 fully saturated rings. The number of rotatable bonds is 21. The number of ether oxygens (including phenoxy) is 2. The number of esters is 2. The van der Waals surface area contributed by atoms with E-state index in [0.29, 0.717) is 50.0 Å². The van der Waals surface area contributed by atoms with Gasteiger partial charge in [-0.1, -0.05) is 63.1 Å². The number of carbonyl (C=O) groups is 4. The third kappa shape index (κ3) is 15.1. The number of ketones is 2. The van der Waals surface area contributed by atoms with E-state index in [0.717, 1.165) is 86.5 Å². The molecule has 318 valence electrons. The number of hydrogen-bond acceptors (Lipinski definition) is 8. The van der Waals surface area contributed by atoms with Crippen LogP contribution in [0, 0.1) is 0 Å². The molecule has 2 aromatic carbocycles. The average Bonchev–Trinajstić information content (AvgIpc) is 3.11. The molecule has 4 rings (SSSR count). The van der Waals surface area contributed by atoms with E-state index in [4.69, 9.17) is 9.47 Å². The fourth-order valence-corrected chi connectivity index (χ4v) is 9.74. The maximum atomic E-state index is 13.2. The number of aryl methyl sites for hydroxylation is 2. The predicted molar refractivity (Wildman–Crippen MR) is 235 cm³/mol. The number of carbonyl (C=O) groups excluding carboxylic acids is 4. The lowest BCUT2D eigenvalue weighted by atomic mass is 9.73. The van der Waals surface area contributed by atoms with Crippen molar-refractivity contribution in [3.05, 3.63) is 84.0 Å². The van der Waals surface area contributed by atoms with Gasteiger partial charge in [-0.15, -0.1) is 0 Å². The van der Waals surface area contributed by atoms with Gasteiger partial charge in [-0.05, 0) is 165 Å². The van der Waals surface area contributed by atoms with Gasteiger partial charge in [-0.2, -0.15) is 0 Å². The summed E-state index contributed by atoms with van der Waals surface area (Å²) in [6.07, 6.45) is 14.2. The Labute approximate surface area is 349 Å². The minimum absolute atomic E-state index is 0.00343. The molecule has 2 aliphatic heterocycles. The van der Waals surface area contributed by atoms with Crippen LogP contribution in [-0.2, 0) is 32.0 Å².